The van der Waals surface area contributed by atoms with Crippen LogP contribution in [0.25, 0.3) is 0 Å². The van der Waals surface area contributed by atoms with Gasteiger partial charge in [0.15, 0.2) is 13.2 Å². The van der Waals surface area contributed by atoms with Crippen molar-refractivity contribution in [2.75, 3.05) is 19.8 Å². The summed E-state index contributed by atoms with van der Waals surface area (Å²) < 4.78 is 18.5. The fourth-order valence-corrected chi connectivity index (χ4v) is 4.40. The summed E-state index contributed by atoms with van der Waals surface area (Å²) >= 11 is 0. The number of carbonyl (C=O) groups excluding carboxylic acids is 2. The molecular formula is C24H29NO5. The van der Waals surface area contributed by atoms with Crippen molar-refractivity contribution in [3.05, 3.63) is 52.3 Å². The van der Waals surface area contributed by atoms with Gasteiger partial charge in [-0.3, -0.25) is 4.79 Å². The lowest BCUT2D eigenvalue weighted by Gasteiger charge is -2.14. The highest BCUT2D eigenvalue weighted by atomic mass is 16.6. The van der Waals surface area contributed by atoms with Crippen LogP contribution >= 0.6 is 0 Å². The first-order valence-corrected chi connectivity index (χ1v) is 10.7. The number of fused-ring (bicyclic) bond motifs is 1. The summed E-state index contributed by atoms with van der Waals surface area (Å²) in [6.07, 6.45) is 5.65. The highest BCUT2D eigenvalue weighted by Gasteiger charge is 2.22. The van der Waals surface area contributed by atoms with Crippen molar-refractivity contribution in [1.29, 1.82) is 0 Å². The molecule has 2 aromatic rings. The van der Waals surface area contributed by atoms with Gasteiger partial charge in [-0.15, -0.1) is 0 Å². The molecule has 1 aromatic heterocycles. The van der Waals surface area contributed by atoms with Gasteiger partial charge >= 0.3 is 5.97 Å². The fraction of sp³-hybridized carbons (Fsp3) is 0.500. The van der Waals surface area contributed by atoms with Gasteiger partial charge in [0.05, 0.1) is 6.10 Å². The minimum absolute atomic E-state index is 0.201. The summed E-state index contributed by atoms with van der Waals surface area (Å²) in [6.45, 7) is 4.97. The zero-order valence-electron chi connectivity index (χ0n) is 17.7. The number of rotatable bonds is 8. The molecule has 1 aliphatic carbocycles. The lowest BCUT2D eigenvalue weighted by Crippen LogP contribution is -2.20. The first kappa shape index (κ1) is 20.7. The van der Waals surface area contributed by atoms with Crippen molar-refractivity contribution in [2.45, 2.75) is 58.6 Å². The number of ether oxygens (including phenoxy) is 3. The minimum Gasteiger partial charge on any atom is -0.482 e. The van der Waals surface area contributed by atoms with Gasteiger partial charge in [-0.05, 0) is 75.3 Å². The van der Waals surface area contributed by atoms with Crippen LogP contribution in [0.4, 0.5) is 0 Å². The third-order valence-electron chi connectivity index (χ3n) is 6.08. The Morgan fingerprint density at radius 2 is 1.93 bits per heavy atom. The highest BCUT2D eigenvalue weighted by Crippen LogP contribution is 2.26. The number of esters is 1. The van der Waals surface area contributed by atoms with Crippen LogP contribution in [0.3, 0.4) is 0 Å². The second-order valence-corrected chi connectivity index (χ2v) is 8.19. The molecule has 2 aliphatic rings. The summed E-state index contributed by atoms with van der Waals surface area (Å²) in [5.41, 5.74) is 5.14. The molecule has 0 N–H and O–H groups in total. The van der Waals surface area contributed by atoms with Gasteiger partial charge in [-0.25, -0.2) is 4.79 Å². The molecule has 1 saturated heterocycles. The lowest BCUT2D eigenvalue weighted by atomic mass is 10.1. The molecule has 1 atom stereocenters. The maximum absolute atomic E-state index is 12.6. The number of ketones is 1. The Kier molecular flexibility index (Phi) is 6.23. The number of Topliss-reactive ketones (excluding diaryl/α,β-unsaturated/α-hetero) is 1. The summed E-state index contributed by atoms with van der Waals surface area (Å²) in [4.78, 5) is 24.7. The Hall–Kier alpha value is -2.60. The number of aromatic nitrogens is 1. The number of carbonyl (C=O) groups is 2. The summed E-state index contributed by atoms with van der Waals surface area (Å²) in [5.74, 6) is -0.0822. The normalized spacial score (nSPS) is 17.7. The molecule has 30 heavy (non-hydrogen) atoms. The van der Waals surface area contributed by atoms with Crippen molar-refractivity contribution < 1.29 is 23.8 Å². The van der Waals surface area contributed by atoms with E-state index in [1.807, 2.05) is 32.0 Å². The van der Waals surface area contributed by atoms with E-state index in [4.69, 9.17) is 14.2 Å². The lowest BCUT2D eigenvalue weighted by molar-refractivity contribution is -0.144. The van der Waals surface area contributed by atoms with Crippen molar-refractivity contribution in [3.8, 4) is 5.75 Å². The number of hydrogen-bond acceptors (Lipinski definition) is 5. The van der Waals surface area contributed by atoms with E-state index >= 15 is 0 Å². The van der Waals surface area contributed by atoms with Gasteiger partial charge in [0, 0.05) is 30.1 Å². The Morgan fingerprint density at radius 1 is 1.10 bits per heavy atom. The number of nitrogens with zero attached hydrogens (tertiary/aromatic N) is 1. The van der Waals surface area contributed by atoms with E-state index in [-0.39, 0.29) is 25.1 Å². The summed E-state index contributed by atoms with van der Waals surface area (Å²) in [6, 6.07) is 7.79. The van der Waals surface area contributed by atoms with E-state index in [1.165, 1.54) is 11.1 Å². The Morgan fingerprint density at radius 3 is 2.73 bits per heavy atom. The molecule has 0 bridgehead atoms. The summed E-state index contributed by atoms with van der Waals surface area (Å²) in [7, 11) is 0. The first-order chi connectivity index (χ1) is 14.5. The van der Waals surface area contributed by atoms with Crippen LogP contribution in [0.15, 0.2) is 24.3 Å². The van der Waals surface area contributed by atoms with Crippen molar-refractivity contribution in [3.63, 3.8) is 0 Å². The molecular weight excluding hydrogens is 382 g/mol. The molecule has 160 valence electrons. The maximum Gasteiger partial charge on any atom is 0.344 e. The van der Waals surface area contributed by atoms with Crippen molar-refractivity contribution in [2.24, 2.45) is 0 Å². The van der Waals surface area contributed by atoms with Gasteiger partial charge < -0.3 is 18.8 Å². The largest absolute Gasteiger partial charge is 0.482 e. The zero-order valence-corrected chi connectivity index (χ0v) is 17.7. The Bertz CT molecular complexity index is 939. The first-order valence-electron chi connectivity index (χ1n) is 10.7. The molecule has 0 saturated carbocycles. The molecule has 0 radical (unpaired) electrons. The average molecular weight is 411 g/mol. The predicted octanol–water partition coefficient (Wildman–Crippen LogP) is 3.58. The predicted molar refractivity (Wildman–Crippen MR) is 112 cm³/mol. The summed E-state index contributed by atoms with van der Waals surface area (Å²) in [5, 5.41) is 0. The van der Waals surface area contributed by atoms with Crippen LogP contribution in [0.1, 0.15) is 52.1 Å². The molecule has 0 unspecified atom stereocenters. The van der Waals surface area contributed by atoms with E-state index in [9.17, 15) is 9.59 Å². The van der Waals surface area contributed by atoms with E-state index in [1.54, 1.807) is 0 Å². The molecule has 0 amide bonds. The molecule has 2 heterocycles. The molecule has 1 fully saturated rings. The number of aryl methyl sites for hydroxylation is 3. The molecule has 4 rings (SSSR count). The van der Waals surface area contributed by atoms with E-state index < -0.39 is 5.97 Å². The van der Waals surface area contributed by atoms with Crippen LogP contribution in [0.5, 0.6) is 5.75 Å². The third-order valence-corrected chi connectivity index (χ3v) is 6.08. The van der Waals surface area contributed by atoms with E-state index in [0.29, 0.717) is 11.3 Å². The Balaban J connectivity index is 1.28. The van der Waals surface area contributed by atoms with Crippen molar-refractivity contribution >= 4 is 11.8 Å². The van der Waals surface area contributed by atoms with Crippen LogP contribution in [-0.2, 0) is 33.7 Å². The second-order valence-electron chi connectivity index (χ2n) is 8.19. The molecule has 1 aromatic carbocycles. The SMILES string of the molecule is Cc1cc(C(=O)COC(=O)COc2ccc3c(c2)CCC3)c(C)n1C[C@@H]1CCCO1. The number of benzene rings is 1. The van der Waals surface area contributed by atoms with E-state index in [0.717, 1.165) is 56.6 Å². The van der Waals surface area contributed by atoms with Gasteiger partial charge in [0.1, 0.15) is 5.75 Å². The third kappa shape index (κ3) is 4.59. The zero-order chi connectivity index (χ0) is 21.1. The maximum atomic E-state index is 12.6. The van der Waals surface area contributed by atoms with Gasteiger partial charge in [0.2, 0.25) is 5.78 Å². The van der Waals surface area contributed by atoms with Gasteiger partial charge in [-0.1, -0.05) is 6.07 Å². The van der Waals surface area contributed by atoms with Crippen LogP contribution < -0.4 is 4.74 Å². The standard InChI is InChI=1S/C24H29NO5/c1-16-11-22(17(2)25(16)13-21-7-4-10-28-21)23(26)14-30-24(27)15-29-20-9-8-18-5-3-6-19(18)12-20/h8-9,11-12,21H,3-7,10,13-15H2,1-2H3/t21-/m0/s1. The van der Waals surface area contributed by atoms with Gasteiger partial charge in [-0.2, -0.15) is 0 Å². The monoisotopic (exact) mass is 411 g/mol. The van der Waals surface area contributed by atoms with Crippen molar-refractivity contribution in [1.82, 2.24) is 4.57 Å². The smallest absolute Gasteiger partial charge is 0.344 e. The highest BCUT2D eigenvalue weighted by molar-refractivity contribution is 5.99. The average Bonchev–Trinajstić information content (AvgIpc) is 3.47. The molecule has 1 aliphatic heterocycles. The molecule has 6 nitrogen and oxygen atoms in total. The van der Waals surface area contributed by atoms with Crippen LogP contribution in [-0.4, -0.2) is 42.2 Å². The molecule has 0 spiro atoms. The topological polar surface area (TPSA) is 66.8 Å². The van der Waals surface area contributed by atoms with Crippen LogP contribution in [0, 0.1) is 13.8 Å². The Labute approximate surface area is 177 Å². The quantitative estimate of drug-likeness (QED) is 0.491. The molecule has 6 heteroatoms. The van der Waals surface area contributed by atoms with Crippen LogP contribution in [0.2, 0.25) is 0 Å². The van der Waals surface area contributed by atoms with Gasteiger partial charge in [0.25, 0.3) is 0 Å². The number of hydrogen-bond donors (Lipinski definition) is 0. The minimum atomic E-state index is -0.544. The fourth-order valence-electron chi connectivity index (χ4n) is 4.40. The second kappa shape index (κ2) is 9.04. The van der Waals surface area contributed by atoms with E-state index in [2.05, 4.69) is 10.6 Å².